The average molecular weight is 298 g/mol. The maximum atomic E-state index is 12.2. The Morgan fingerprint density at radius 3 is 2.14 bits per heavy atom. The average Bonchev–Trinajstić information content (AvgIpc) is 2.46. The van der Waals surface area contributed by atoms with Gasteiger partial charge in [-0.1, -0.05) is 26.7 Å². The number of rotatable bonds is 8. The number of unbranched alkanes of at least 4 members (excludes halogenated alkanes) is 2. The smallest absolute Gasteiger partial charge is 0.312 e. The van der Waals surface area contributed by atoms with Crippen LogP contribution in [0.3, 0.4) is 0 Å². The first kappa shape index (κ1) is 16.3. The summed E-state index contributed by atoms with van der Waals surface area (Å²) in [6, 6.07) is 0. The summed E-state index contributed by atoms with van der Waals surface area (Å²) < 4.78 is 16.2. The predicted octanol–water partition coefficient (Wildman–Crippen LogP) is 2.47. The van der Waals surface area contributed by atoms with E-state index in [-0.39, 0.29) is 24.1 Å². The molecule has 0 N–H and O–H groups in total. The van der Waals surface area contributed by atoms with Crippen molar-refractivity contribution in [2.75, 3.05) is 13.2 Å². The Morgan fingerprint density at radius 1 is 1.00 bits per heavy atom. The van der Waals surface area contributed by atoms with Crippen LogP contribution in [0.2, 0.25) is 0 Å². The lowest BCUT2D eigenvalue weighted by atomic mass is 9.72. The zero-order valence-corrected chi connectivity index (χ0v) is 13.0. The molecule has 21 heavy (non-hydrogen) atoms. The largest absolute Gasteiger partial charge is 0.465 e. The van der Waals surface area contributed by atoms with Gasteiger partial charge in [0.25, 0.3) is 0 Å². The molecular weight excluding hydrogens is 272 g/mol. The van der Waals surface area contributed by atoms with Crippen LogP contribution in [0.25, 0.3) is 0 Å². The van der Waals surface area contributed by atoms with Crippen molar-refractivity contribution >= 4 is 11.9 Å². The maximum absolute atomic E-state index is 12.2. The molecule has 0 spiro atoms. The minimum atomic E-state index is -0.485. The van der Waals surface area contributed by atoms with Gasteiger partial charge in [-0.15, -0.1) is 0 Å². The van der Waals surface area contributed by atoms with Gasteiger partial charge in [-0.3, -0.25) is 9.59 Å². The zero-order valence-electron chi connectivity index (χ0n) is 13.0. The molecule has 5 nitrogen and oxygen atoms in total. The summed E-state index contributed by atoms with van der Waals surface area (Å²) >= 11 is 0. The highest BCUT2D eigenvalue weighted by molar-refractivity contribution is 5.83. The van der Waals surface area contributed by atoms with Gasteiger partial charge in [0.1, 0.15) is 0 Å². The minimum absolute atomic E-state index is 0.110. The molecule has 3 rings (SSSR count). The molecule has 120 valence electrons. The van der Waals surface area contributed by atoms with E-state index in [1.165, 1.54) is 0 Å². The van der Waals surface area contributed by atoms with E-state index in [2.05, 4.69) is 0 Å². The Hall–Kier alpha value is -1.10. The highest BCUT2D eigenvalue weighted by Gasteiger charge is 2.54. The second-order valence-corrected chi connectivity index (χ2v) is 5.94. The fraction of sp³-hybridized carbons (Fsp3) is 0.875. The molecule has 2 heterocycles. The monoisotopic (exact) mass is 298 g/mol. The molecule has 2 saturated heterocycles. The van der Waals surface area contributed by atoms with Gasteiger partial charge in [-0.2, -0.15) is 0 Å². The molecule has 4 unspecified atom stereocenters. The van der Waals surface area contributed by atoms with Crippen molar-refractivity contribution in [3.63, 3.8) is 0 Å². The van der Waals surface area contributed by atoms with Gasteiger partial charge in [0.15, 0.2) is 0 Å². The molecule has 3 aliphatic rings. The van der Waals surface area contributed by atoms with Crippen LogP contribution in [0.15, 0.2) is 0 Å². The van der Waals surface area contributed by atoms with E-state index in [0.717, 1.165) is 32.1 Å². The fourth-order valence-electron chi connectivity index (χ4n) is 2.96. The van der Waals surface area contributed by atoms with Crippen molar-refractivity contribution in [3.8, 4) is 0 Å². The topological polar surface area (TPSA) is 61.8 Å². The van der Waals surface area contributed by atoms with Crippen LogP contribution in [0.1, 0.15) is 52.4 Å². The summed E-state index contributed by atoms with van der Waals surface area (Å²) in [7, 11) is 0. The molecule has 1 aliphatic carbocycles. The lowest BCUT2D eigenvalue weighted by Gasteiger charge is -2.48. The normalized spacial score (nSPS) is 30.4. The number of carbonyl (C=O) groups excluding carboxylic acids is 2. The summed E-state index contributed by atoms with van der Waals surface area (Å²) in [6.07, 6.45) is 5.03. The molecule has 1 saturated carbocycles. The highest BCUT2D eigenvalue weighted by atomic mass is 16.6. The highest BCUT2D eigenvalue weighted by Crippen LogP contribution is 2.43. The van der Waals surface area contributed by atoms with Crippen LogP contribution in [0.4, 0.5) is 0 Å². The molecule has 3 fully saturated rings. The van der Waals surface area contributed by atoms with Gasteiger partial charge < -0.3 is 14.2 Å². The number of hydrogen-bond donors (Lipinski definition) is 0. The Labute approximate surface area is 126 Å². The number of hydrogen-bond acceptors (Lipinski definition) is 5. The molecule has 0 aromatic carbocycles. The van der Waals surface area contributed by atoms with E-state index in [1.54, 1.807) is 0 Å². The standard InChI is InChI=1S/C16H26O5/c1-3-5-7-19-15(17)12-9-11-10-13(21-11)14(12)16(18)20-8-6-4-2/h11-14H,3-10H2,1-2H3. The SMILES string of the molecule is CCCCOC(=O)C1CC2CC(O2)C1C(=O)OCCCC. The molecule has 0 amide bonds. The molecule has 5 heteroatoms. The summed E-state index contributed by atoms with van der Waals surface area (Å²) in [4.78, 5) is 24.4. The van der Waals surface area contributed by atoms with Gasteiger partial charge in [-0.25, -0.2) is 0 Å². The quantitative estimate of drug-likeness (QED) is 0.509. The van der Waals surface area contributed by atoms with Crippen LogP contribution in [0.5, 0.6) is 0 Å². The number of fused-ring (bicyclic) bond motifs is 2. The van der Waals surface area contributed by atoms with E-state index in [9.17, 15) is 9.59 Å². The lowest BCUT2D eigenvalue weighted by molar-refractivity contribution is -0.222. The summed E-state index contributed by atoms with van der Waals surface area (Å²) in [5, 5.41) is 0. The van der Waals surface area contributed by atoms with Crippen molar-refractivity contribution in [2.24, 2.45) is 11.8 Å². The molecule has 0 aromatic rings. The first-order chi connectivity index (χ1) is 10.2. The maximum Gasteiger partial charge on any atom is 0.312 e. The van der Waals surface area contributed by atoms with Gasteiger partial charge in [-0.05, 0) is 19.3 Å². The third kappa shape index (κ3) is 3.96. The van der Waals surface area contributed by atoms with Gasteiger partial charge in [0, 0.05) is 6.42 Å². The first-order valence-electron chi connectivity index (χ1n) is 8.16. The third-order valence-electron chi connectivity index (χ3n) is 4.27. The molecule has 4 atom stereocenters. The summed E-state index contributed by atoms with van der Waals surface area (Å²) in [5.74, 6) is -1.45. The Balaban J connectivity index is 1.90. The second kappa shape index (κ2) is 7.78. The van der Waals surface area contributed by atoms with Crippen molar-refractivity contribution in [3.05, 3.63) is 0 Å². The van der Waals surface area contributed by atoms with E-state index in [0.29, 0.717) is 19.6 Å². The van der Waals surface area contributed by atoms with Crippen molar-refractivity contribution in [1.82, 2.24) is 0 Å². The third-order valence-corrected chi connectivity index (χ3v) is 4.27. The molecular formula is C16H26O5. The Kier molecular flexibility index (Phi) is 6.03. The van der Waals surface area contributed by atoms with Crippen LogP contribution in [-0.2, 0) is 23.8 Å². The summed E-state index contributed by atoms with van der Waals surface area (Å²) in [5.41, 5.74) is 0. The first-order valence-corrected chi connectivity index (χ1v) is 8.16. The van der Waals surface area contributed by atoms with E-state index in [1.807, 2.05) is 13.8 Å². The Bertz CT molecular complexity index is 362. The molecule has 0 aromatic heterocycles. The summed E-state index contributed by atoms with van der Waals surface area (Å²) in [6.45, 7) is 4.94. The van der Waals surface area contributed by atoms with Gasteiger partial charge >= 0.3 is 11.9 Å². The number of carbonyl (C=O) groups is 2. The van der Waals surface area contributed by atoms with E-state index in [4.69, 9.17) is 14.2 Å². The van der Waals surface area contributed by atoms with E-state index < -0.39 is 11.8 Å². The number of ether oxygens (including phenoxy) is 3. The van der Waals surface area contributed by atoms with Gasteiger partial charge in [0.05, 0.1) is 37.3 Å². The van der Waals surface area contributed by atoms with Crippen LogP contribution < -0.4 is 0 Å². The van der Waals surface area contributed by atoms with Gasteiger partial charge in [0.2, 0.25) is 0 Å². The predicted molar refractivity (Wildman–Crippen MR) is 76.6 cm³/mol. The second-order valence-electron chi connectivity index (χ2n) is 5.94. The van der Waals surface area contributed by atoms with Crippen LogP contribution >= 0.6 is 0 Å². The van der Waals surface area contributed by atoms with E-state index >= 15 is 0 Å². The molecule has 2 bridgehead atoms. The molecule has 2 aliphatic heterocycles. The van der Waals surface area contributed by atoms with Crippen molar-refractivity contribution < 1.29 is 23.8 Å². The molecule has 0 radical (unpaired) electrons. The van der Waals surface area contributed by atoms with Crippen LogP contribution in [-0.4, -0.2) is 37.4 Å². The zero-order chi connectivity index (χ0) is 15.2. The van der Waals surface area contributed by atoms with Crippen molar-refractivity contribution in [1.29, 1.82) is 0 Å². The van der Waals surface area contributed by atoms with Crippen molar-refractivity contribution in [2.45, 2.75) is 64.6 Å². The van der Waals surface area contributed by atoms with Crippen LogP contribution in [0, 0.1) is 11.8 Å². The lowest BCUT2D eigenvalue weighted by Crippen LogP contribution is -2.57. The Morgan fingerprint density at radius 2 is 1.57 bits per heavy atom. The fourth-order valence-corrected chi connectivity index (χ4v) is 2.96. The minimum Gasteiger partial charge on any atom is -0.465 e. The number of esters is 2.